The second-order valence-electron chi connectivity index (χ2n) is 5.13. The molecule has 1 amide bonds. The number of aromatic nitrogens is 1. The summed E-state index contributed by atoms with van der Waals surface area (Å²) in [5, 5.41) is 0.726. The Hall–Kier alpha value is -2.02. The number of amides is 1. The standard InChI is InChI=1S/C17H14Cl2N2O3S/c1-21-14-12(23-2)6-7-13(24-3)15(14)25-17(21)20-16(22)10-8-9(18)4-5-11(10)19/h4-8H,1-3H3. The van der Waals surface area contributed by atoms with Crippen LogP contribution in [0.15, 0.2) is 35.3 Å². The lowest BCUT2D eigenvalue weighted by Gasteiger charge is -2.06. The number of fused-ring (bicyclic) bond motifs is 1. The minimum absolute atomic E-state index is 0.255. The predicted molar refractivity (Wildman–Crippen MR) is 100 cm³/mol. The Bertz CT molecular complexity index is 1040. The number of halogens is 2. The monoisotopic (exact) mass is 396 g/mol. The van der Waals surface area contributed by atoms with Crippen LogP contribution in [-0.4, -0.2) is 24.7 Å². The molecule has 0 atom stereocenters. The first-order valence-electron chi connectivity index (χ1n) is 7.21. The number of rotatable bonds is 3. The Morgan fingerprint density at radius 3 is 2.48 bits per heavy atom. The van der Waals surface area contributed by atoms with Crippen LogP contribution in [0, 0.1) is 0 Å². The third kappa shape index (κ3) is 3.25. The van der Waals surface area contributed by atoms with E-state index >= 15 is 0 Å². The van der Waals surface area contributed by atoms with E-state index in [0.717, 1.165) is 10.2 Å². The summed E-state index contributed by atoms with van der Waals surface area (Å²) in [7, 11) is 4.99. The first-order valence-corrected chi connectivity index (χ1v) is 8.78. The molecule has 1 aromatic heterocycles. The molecule has 0 saturated heterocycles. The molecular formula is C17H14Cl2N2O3S. The largest absolute Gasteiger partial charge is 0.495 e. The van der Waals surface area contributed by atoms with E-state index in [1.165, 1.54) is 17.4 Å². The molecule has 0 N–H and O–H groups in total. The molecule has 0 aliphatic heterocycles. The van der Waals surface area contributed by atoms with Crippen molar-refractivity contribution in [3.05, 3.63) is 50.7 Å². The fourth-order valence-electron chi connectivity index (χ4n) is 2.44. The van der Waals surface area contributed by atoms with Gasteiger partial charge in [-0.3, -0.25) is 4.79 Å². The molecule has 1 heterocycles. The Morgan fingerprint density at radius 1 is 1.12 bits per heavy atom. The summed E-state index contributed by atoms with van der Waals surface area (Å²) in [6.45, 7) is 0. The molecule has 3 rings (SSSR count). The van der Waals surface area contributed by atoms with E-state index in [1.54, 1.807) is 30.9 Å². The van der Waals surface area contributed by atoms with Crippen LogP contribution in [0.3, 0.4) is 0 Å². The van der Waals surface area contributed by atoms with Crippen LogP contribution in [0.4, 0.5) is 0 Å². The molecule has 0 bridgehead atoms. The predicted octanol–water partition coefficient (Wildman–Crippen LogP) is 4.30. The van der Waals surface area contributed by atoms with Gasteiger partial charge in [-0.2, -0.15) is 4.99 Å². The highest BCUT2D eigenvalue weighted by molar-refractivity contribution is 7.16. The van der Waals surface area contributed by atoms with E-state index in [4.69, 9.17) is 32.7 Å². The summed E-state index contributed by atoms with van der Waals surface area (Å²) in [5.41, 5.74) is 1.06. The molecule has 0 spiro atoms. The van der Waals surface area contributed by atoms with E-state index in [1.807, 2.05) is 19.2 Å². The molecule has 8 heteroatoms. The normalized spacial score (nSPS) is 11.8. The van der Waals surface area contributed by atoms with Crippen molar-refractivity contribution in [3.8, 4) is 11.5 Å². The number of aryl methyl sites for hydroxylation is 1. The molecule has 0 aliphatic rings. The lowest BCUT2D eigenvalue weighted by Crippen LogP contribution is -2.13. The lowest BCUT2D eigenvalue weighted by atomic mass is 10.2. The maximum Gasteiger partial charge on any atom is 0.281 e. The van der Waals surface area contributed by atoms with Gasteiger partial charge in [-0.1, -0.05) is 34.5 Å². The number of nitrogens with zero attached hydrogens (tertiary/aromatic N) is 2. The third-order valence-corrected chi connectivity index (χ3v) is 5.38. The molecule has 130 valence electrons. The molecule has 0 unspecified atom stereocenters. The van der Waals surface area contributed by atoms with E-state index in [2.05, 4.69) is 4.99 Å². The van der Waals surface area contributed by atoms with Crippen LogP contribution in [0.2, 0.25) is 10.0 Å². The zero-order valence-electron chi connectivity index (χ0n) is 13.7. The number of hydrogen-bond acceptors (Lipinski definition) is 4. The van der Waals surface area contributed by atoms with Crippen LogP contribution >= 0.6 is 34.5 Å². The summed E-state index contributed by atoms with van der Waals surface area (Å²) in [6.07, 6.45) is 0. The van der Waals surface area contributed by atoms with Gasteiger partial charge in [0, 0.05) is 12.1 Å². The van der Waals surface area contributed by atoms with Gasteiger partial charge in [-0.05, 0) is 30.3 Å². The van der Waals surface area contributed by atoms with Crippen molar-refractivity contribution >= 4 is 50.7 Å². The highest BCUT2D eigenvalue weighted by atomic mass is 35.5. The number of thiazole rings is 1. The van der Waals surface area contributed by atoms with E-state index in [0.29, 0.717) is 26.3 Å². The smallest absolute Gasteiger partial charge is 0.281 e. The van der Waals surface area contributed by atoms with Gasteiger partial charge in [0.1, 0.15) is 21.7 Å². The summed E-state index contributed by atoms with van der Waals surface area (Å²) < 4.78 is 13.4. The molecule has 3 aromatic rings. The average Bonchev–Trinajstić information content (AvgIpc) is 2.93. The fraction of sp³-hybridized carbons (Fsp3) is 0.176. The number of benzene rings is 2. The second-order valence-corrected chi connectivity index (χ2v) is 6.95. The average molecular weight is 397 g/mol. The van der Waals surface area contributed by atoms with E-state index in [9.17, 15) is 4.79 Å². The third-order valence-electron chi connectivity index (χ3n) is 3.67. The summed E-state index contributed by atoms with van der Waals surface area (Å²) in [4.78, 5) is 17.3. The number of hydrogen-bond donors (Lipinski definition) is 0. The topological polar surface area (TPSA) is 52.8 Å². The lowest BCUT2D eigenvalue weighted by molar-refractivity contribution is 0.0998. The molecular weight excluding hydrogens is 383 g/mol. The molecule has 2 aromatic carbocycles. The van der Waals surface area contributed by atoms with Gasteiger partial charge >= 0.3 is 0 Å². The Morgan fingerprint density at radius 2 is 1.80 bits per heavy atom. The van der Waals surface area contributed by atoms with Crippen molar-refractivity contribution < 1.29 is 14.3 Å². The highest BCUT2D eigenvalue weighted by Gasteiger charge is 2.16. The van der Waals surface area contributed by atoms with Gasteiger partial charge in [0.2, 0.25) is 0 Å². The number of carbonyl (C=O) groups excluding carboxylic acids is 1. The Labute approximate surface area is 158 Å². The molecule has 0 saturated carbocycles. The molecule has 0 aliphatic carbocycles. The summed E-state index contributed by atoms with van der Waals surface area (Å²) >= 11 is 13.4. The van der Waals surface area contributed by atoms with Crippen LogP contribution in [0.25, 0.3) is 10.2 Å². The SMILES string of the molecule is COc1ccc(OC)c2c1sc(=NC(=O)c1cc(Cl)ccc1Cl)n2C. The number of ether oxygens (including phenoxy) is 2. The van der Waals surface area contributed by atoms with Gasteiger partial charge < -0.3 is 14.0 Å². The number of methoxy groups -OCH3 is 2. The van der Waals surface area contributed by atoms with Crippen LogP contribution in [0.5, 0.6) is 11.5 Å². The van der Waals surface area contributed by atoms with Gasteiger partial charge in [0.05, 0.1) is 24.8 Å². The first kappa shape index (κ1) is 17.8. The quantitative estimate of drug-likeness (QED) is 0.662. The van der Waals surface area contributed by atoms with Gasteiger partial charge in [0.15, 0.2) is 4.80 Å². The minimum atomic E-state index is -0.465. The van der Waals surface area contributed by atoms with Crippen molar-refractivity contribution in [2.24, 2.45) is 12.0 Å². The van der Waals surface area contributed by atoms with Gasteiger partial charge in [0.25, 0.3) is 5.91 Å². The molecule has 0 radical (unpaired) electrons. The maximum atomic E-state index is 12.5. The van der Waals surface area contributed by atoms with Crippen LogP contribution < -0.4 is 14.3 Å². The fourth-order valence-corrected chi connectivity index (χ4v) is 3.93. The van der Waals surface area contributed by atoms with Crippen molar-refractivity contribution in [3.63, 3.8) is 0 Å². The molecule has 0 fully saturated rings. The van der Waals surface area contributed by atoms with Gasteiger partial charge in [-0.15, -0.1) is 0 Å². The molecule has 5 nitrogen and oxygen atoms in total. The minimum Gasteiger partial charge on any atom is -0.495 e. The maximum absolute atomic E-state index is 12.5. The molecule has 25 heavy (non-hydrogen) atoms. The Balaban J connectivity index is 2.22. The van der Waals surface area contributed by atoms with Gasteiger partial charge in [-0.25, -0.2) is 0 Å². The van der Waals surface area contributed by atoms with Crippen molar-refractivity contribution in [1.29, 1.82) is 0 Å². The first-order chi connectivity index (χ1) is 12.0. The summed E-state index contributed by atoms with van der Waals surface area (Å²) in [5.74, 6) is 0.892. The highest BCUT2D eigenvalue weighted by Crippen LogP contribution is 2.34. The zero-order valence-corrected chi connectivity index (χ0v) is 16.0. The van der Waals surface area contributed by atoms with Crippen molar-refractivity contribution in [2.75, 3.05) is 14.2 Å². The Kier molecular flexibility index (Phi) is 5.03. The van der Waals surface area contributed by atoms with Crippen molar-refractivity contribution in [2.45, 2.75) is 0 Å². The van der Waals surface area contributed by atoms with E-state index < -0.39 is 5.91 Å². The second kappa shape index (κ2) is 7.07. The van der Waals surface area contributed by atoms with Crippen LogP contribution in [-0.2, 0) is 7.05 Å². The van der Waals surface area contributed by atoms with E-state index in [-0.39, 0.29) is 5.56 Å². The van der Waals surface area contributed by atoms with Crippen LogP contribution in [0.1, 0.15) is 10.4 Å². The zero-order chi connectivity index (χ0) is 18.1. The summed E-state index contributed by atoms with van der Waals surface area (Å²) in [6, 6.07) is 8.33. The van der Waals surface area contributed by atoms with Crippen molar-refractivity contribution in [1.82, 2.24) is 4.57 Å². The number of carbonyl (C=O) groups is 1.